The average molecular weight is 330 g/mol. The van der Waals surface area contributed by atoms with Gasteiger partial charge >= 0.3 is 5.97 Å². The van der Waals surface area contributed by atoms with E-state index in [4.69, 9.17) is 14.2 Å². The SMILES string of the molecule is CCOc1c(C)ccc(C(=O)O)c1OC(C)COc1ccccc1. The van der Waals surface area contributed by atoms with Crippen molar-refractivity contribution in [2.75, 3.05) is 13.2 Å². The van der Waals surface area contributed by atoms with Crippen LogP contribution in [0.5, 0.6) is 17.2 Å². The third-order valence-electron chi connectivity index (χ3n) is 3.38. The number of carbonyl (C=O) groups is 1. The summed E-state index contributed by atoms with van der Waals surface area (Å²) < 4.78 is 17.1. The predicted octanol–water partition coefficient (Wildman–Crippen LogP) is 3.94. The topological polar surface area (TPSA) is 65.0 Å². The van der Waals surface area contributed by atoms with Gasteiger partial charge < -0.3 is 19.3 Å². The summed E-state index contributed by atoms with van der Waals surface area (Å²) in [6, 6.07) is 12.6. The molecule has 1 atom stereocenters. The first-order valence-electron chi connectivity index (χ1n) is 7.87. The van der Waals surface area contributed by atoms with Crippen LogP contribution in [0.4, 0.5) is 0 Å². The van der Waals surface area contributed by atoms with Crippen LogP contribution in [-0.4, -0.2) is 30.4 Å². The molecule has 0 bridgehead atoms. The number of hydrogen-bond acceptors (Lipinski definition) is 4. The molecule has 0 saturated carbocycles. The van der Waals surface area contributed by atoms with Crippen molar-refractivity contribution in [1.29, 1.82) is 0 Å². The van der Waals surface area contributed by atoms with Gasteiger partial charge in [0.2, 0.25) is 0 Å². The van der Waals surface area contributed by atoms with E-state index in [1.807, 2.05) is 51.1 Å². The van der Waals surface area contributed by atoms with Gasteiger partial charge in [-0.1, -0.05) is 24.3 Å². The summed E-state index contributed by atoms with van der Waals surface area (Å²) in [5, 5.41) is 9.40. The molecule has 0 aliphatic rings. The molecule has 0 saturated heterocycles. The van der Waals surface area contributed by atoms with Gasteiger partial charge in [-0.3, -0.25) is 0 Å². The maximum atomic E-state index is 11.5. The predicted molar refractivity (Wildman–Crippen MR) is 91.3 cm³/mol. The summed E-state index contributed by atoms with van der Waals surface area (Å²) in [6.45, 7) is 6.25. The summed E-state index contributed by atoms with van der Waals surface area (Å²) in [6.07, 6.45) is -0.343. The molecule has 0 amide bonds. The number of carboxylic acid groups (broad SMARTS) is 1. The van der Waals surface area contributed by atoms with Gasteiger partial charge in [-0.2, -0.15) is 0 Å². The van der Waals surface area contributed by atoms with E-state index in [-0.39, 0.29) is 17.4 Å². The van der Waals surface area contributed by atoms with E-state index in [1.54, 1.807) is 6.07 Å². The fourth-order valence-corrected chi connectivity index (χ4v) is 2.24. The monoisotopic (exact) mass is 330 g/mol. The van der Waals surface area contributed by atoms with Crippen molar-refractivity contribution in [3.63, 3.8) is 0 Å². The molecular weight excluding hydrogens is 308 g/mol. The van der Waals surface area contributed by atoms with Crippen LogP contribution < -0.4 is 14.2 Å². The number of ether oxygens (including phenoxy) is 3. The Morgan fingerprint density at radius 2 is 1.79 bits per heavy atom. The number of rotatable bonds is 8. The summed E-state index contributed by atoms with van der Waals surface area (Å²) in [4.78, 5) is 11.5. The molecule has 0 aromatic heterocycles. The lowest BCUT2D eigenvalue weighted by molar-refractivity contribution is 0.0683. The van der Waals surface area contributed by atoms with Crippen molar-refractivity contribution in [3.8, 4) is 17.2 Å². The Labute approximate surface area is 141 Å². The van der Waals surface area contributed by atoms with Crippen molar-refractivity contribution >= 4 is 5.97 Å². The van der Waals surface area contributed by atoms with Gasteiger partial charge in [0, 0.05) is 0 Å². The van der Waals surface area contributed by atoms with E-state index in [9.17, 15) is 9.90 Å². The maximum Gasteiger partial charge on any atom is 0.339 e. The van der Waals surface area contributed by atoms with Crippen LogP contribution in [0.3, 0.4) is 0 Å². The van der Waals surface area contributed by atoms with E-state index in [1.165, 1.54) is 6.07 Å². The van der Waals surface area contributed by atoms with Gasteiger partial charge in [0.15, 0.2) is 11.5 Å². The number of hydrogen-bond donors (Lipinski definition) is 1. The van der Waals surface area contributed by atoms with Crippen molar-refractivity contribution in [3.05, 3.63) is 53.6 Å². The molecular formula is C19H22O5. The zero-order chi connectivity index (χ0) is 17.5. The quantitative estimate of drug-likeness (QED) is 0.794. The first-order valence-corrected chi connectivity index (χ1v) is 7.87. The largest absolute Gasteiger partial charge is 0.490 e. The minimum atomic E-state index is -1.05. The number of carboxylic acids is 1. The molecule has 0 aliphatic carbocycles. The van der Waals surface area contributed by atoms with E-state index < -0.39 is 5.97 Å². The highest BCUT2D eigenvalue weighted by Gasteiger charge is 2.21. The molecule has 0 fully saturated rings. The zero-order valence-electron chi connectivity index (χ0n) is 14.1. The lowest BCUT2D eigenvalue weighted by Crippen LogP contribution is -2.22. The van der Waals surface area contributed by atoms with Crippen molar-refractivity contribution in [1.82, 2.24) is 0 Å². The maximum absolute atomic E-state index is 11.5. The average Bonchev–Trinajstić information content (AvgIpc) is 2.57. The van der Waals surface area contributed by atoms with Gasteiger partial charge in [-0.15, -0.1) is 0 Å². The van der Waals surface area contributed by atoms with Crippen LogP contribution in [0.1, 0.15) is 29.8 Å². The standard InChI is InChI=1S/C19H22O5/c1-4-22-17-13(2)10-11-16(19(20)21)18(17)24-14(3)12-23-15-8-6-5-7-9-15/h5-11,14H,4,12H2,1-3H3,(H,20,21). The Hall–Kier alpha value is -2.69. The fraction of sp³-hybridized carbons (Fsp3) is 0.316. The Kier molecular flexibility index (Phi) is 6.07. The molecule has 0 radical (unpaired) electrons. The van der Waals surface area contributed by atoms with Crippen molar-refractivity contribution in [2.24, 2.45) is 0 Å². The zero-order valence-corrected chi connectivity index (χ0v) is 14.1. The van der Waals surface area contributed by atoms with E-state index in [2.05, 4.69) is 0 Å². The number of benzene rings is 2. The highest BCUT2D eigenvalue weighted by molar-refractivity contribution is 5.92. The highest BCUT2D eigenvalue weighted by atomic mass is 16.6. The number of aromatic carboxylic acids is 1. The molecule has 2 aromatic rings. The summed E-state index contributed by atoms with van der Waals surface area (Å²) in [7, 11) is 0. The van der Waals surface area contributed by atoms with Gasteiger partial charge in [0.05, 0.1) is 6.61 Å². The van der Waals surface area contributed by atoms with Gasteiger partial charge in [0.1, 0.15) is 24.0 Å². The minimum Gasteiger partial charge on any atom is -0.490 e. The molecule has 5 nitrogen and oxygen atoms in total. The van der Waals surface area contributed by atoms with Crippen LogP contribution in [0.15, 0.2) is 42.5 Å². The Morgan fingerprint density at radius 1 is 1.08 bits per heavy atom. The molecule has 24 heavy (non-hydrogen) atoms. The Bertz CT molecular complexity index is 682. The van der Waals surface area contributed by atoms with E-state index in [0.717, 1.165) is 11.3 Å². The molecule has 1 N–H and O–H groups in total. The summed E-state index contributed by atoms with van der Waals surface area (Å²) in [5.74, 6) is 0.389. The van der Waals surface area contributed by atoms with Crippen LogP contribution in [-0.2, 0) is 0 Å². The summed E-state index contributed by atoms with van der Waals surface area (Å²) >= 11 is 0. The summed E-state index contributed by atoms with van der Waals surface area (Å²) in [5.41, 5.74) is 0.906. The van der Waals surface area contributed by atoms with E-state index in [0.29, 0.717) is 19.0 Å². The second-order valence-electron chi connectivity index (χ2n) is 5.38. The molecule has 0 aliphatic heterocycles. The van der Waals surface area contributed by atoms with E-state index >= 15 is 0 Å². The molecule has 1 unspecified atom stereocenters. The number of para-hydroxylation sites is 1. The van der Waals surface area contributed by atoms with Gasteiger partial charge in [0.25, 0.3) is 0 Å². The molecule has 5 heteroatoms. The normalized spacial score (nSPS) is 11.6. The van der Waals surface area contributed by atoms with Crippen molar-refractivity contribution in [2.45, 2.75) is 26.9 Å². The Morgan fingerprint density at radius 3 is 2.42 bits per heavy atom. The second kappa shape index (κ2) is 8.24. The lowest BCUT2D eigenvalue weighted by Gasteiger charge is -2.20. The van der Waals surface area contributed by atoms with Gasteiger partial charge in [-0.05, 0) is 44.5 Å². The third kappa shape index (κ3) is 4.41. The lowest BCUT2D eigenvalue weighted by atomic mass is 10.1. The molecule has 128 valence electrons. The molecule has 0 spiro atoms. The molecule has 2 rings (SSSR count). The number of aryl methyl sites for hydroxylation is 1. The van der Waals surface area contributed by atoms with Crippen molar-refractivity contribution < 1.29 is 24.1 Å². The molecule has 2 aromatic carbocycles. The fourth-order valence-electron chi connectivity index (χ4n) is 2.24. The second-order valence-corrected chi connectivity index (χ2v) is 5.38. The van der Waals surface area contributed by atoms with Gasteiger partial charge in [-0.25, -0.2) is 4.79 Å². The highest BCUT2D eigenvalue weighted by Crippen LogP contribution is 2.35. The Balaban J connectivity index is 2.17. The minimum absolute atomic E-state index is 0.0793. The van der Waals surface area contributed by atoms with Crippen LogP contribution in [0.2, 0.25) is 0 Å². The smallest absolute Gasteiger partial charge is 0.339 e. The first-order chi connectivity index (χ1) is 11.5. The van der Waals surface area contributed by atoms with Crippen LogP contribution in [0, 0.1) is 6.92 Å². The third-order valence-corrected chi connectivity index (χ3v) is 3.38. The van der Waals surface area contributed by atoms with Crippen LogP contribution >= 0.6 is 0 Å². The van der Waals surface area contributed by atoms with Crippen LogP contribution in [0.25, 0.3) is 0 Å². The molecule has 0 heterocycles. The first kappa shape index (κ1) is 17.7.